The summed E-state index contributed by atoms with van der Waals surface area (Å²) >= 11 is 0. The van der Waals surface area contributed by atoms with E-state index in [1.807, 2.05) is 0 Å². The second-order valence-electron chi connectivity index (χ2n) is 10.9. The van der Waals surface area contributed by atoms with Crippen LogP contribution < -0.4 is 14.8 Å². The fourth-order valence-corrected chi connectivity index (χ4v) is 4.97. The Balaban J connectivity index is 1.79. The van der Waals surface area contributed by atoms with E-state index in [9.17, 15) is 32.3 Å². The summed E-state index contributed by atoms with van der Waals surface area (Å²) in [6, 6.07) is 9.00. The Labute approximate surface area is 258 Å². The van der Waals surface area contributed by atoms with Crippen LogP contribution in [-0.4, -0.2) is 39.5 Å². The molecule has 44 heavy (non-hydrogen) atoms. The molecular formula is C32H46F3N2O6P. The molecule has 8 nitrogen and oxygen atoms in total. The van der Waals surface area contributed by atoms with E-state index in [0.717, 1.165) is 30.6 Å². The van der Waals surface area contributed by atoms with Crippen molar-refractivity contribution in [2.75, 3.05) is 6.61 Å². The summed E-state index contributed by atoms with van der Waals surface area (Å²) in [4.78, 5) is 35.2. The number of halogens is 3. The van der Waals surface area contributed by atoms with Crippen LogP contribution in [0.2, 0.25) is 0 Å². The number of aromatic nitrogens is 1. The summed E-state index contributed by atoms with van der Waals surface area (Å²) in [5.41, 5.74) is 1.19. The van der Waals surface area contributed by atoms with E-state index in [-0.39, 0.29) is 18.3 Å². The molecule has 2 aromatic rings. The van der Waals surface area contributed by atoms with Gasteiger partial charge < -0.3 is 24.6 Å². The Morgan fingerprint density at radius 3 is 2.14 bits per heavy atom. The number of carbonyl (C=O) groups excluding carboxylic acids is 1. The zero-order valence-corrected chi connectivity index (χ0v) is 26.3. The van der Waals surface area contributed by atoms with Crippen LogP contribution in [0.3, 0.4) is 0 Å². The maximum absolute atomic E-state index is 12.6. The molecule has 0 saturated heterocycles. The molecule has 246 valence electrons. The predicted molar refractivity (Wildman–Crippen MR) is 164 cm³/mol. The molecule has 0 saturated carbocycles. The summed E-state index contributed by atoms with van der Waals surface area (Å²) in [5, 5.41) is 2.87. The number of rotatable bonds is 22. The van der Waals surface area contributed by atoms with Crippen molar-refractivity contribution in [3.8, 4) is 11.5 Å². The lowest BCUT2D eigenvalue weighted by atomic mass is 10.0. The number of carbonyl (C=O) groups is 1. The molecule has 2 rings (SSSR count). The largest absolute Gasteiger partial charge is 0.487 e. The van der Waals surface area contributed by atoms with Crippen molar-refractivity contribution in [3.63, 3.8) is 0 Å². The smallest absolute Gasteiger partial charge is 0.422 e. The second-order valence-corrected chi connectivity index (χ2v) is 12.4. The number of ether oxygens (including phenoxy) is 2. The molecular weight excluding hydrogens is 596 g/mol. The van der Waals surface area contributed by atoms with Crippen molar-refractivity contribution in [1.82, 2.24) is 10.3 Å². The van der Waals surface area contributed by atoms with Crippen LogP contribution >= 0.6 is 7.60 Å². The monoisotopic (exact) mass is 642 g/mol. The minimum Gasteiger partial charge on any atom is -0.487 e. The van der Waals surface area contributed by atoms with Crippen LogP contribution in [0.1, 0.15) is 95.2 Å². The Morgan fingerprint density at radius 1 is 0.932 bits per heavy atom. The van der Waals surface area contributed by atoms with Crippen molar-refractivity contribution in [3.05, 3.63) is 65.7 Å². The highest BCUT2D eigenvalue weighted by atomic mass is 31.2. The van der Waals surface area contributed by atoms with E-state index in [2.05, 4.69) is 17.2 Å². The van der Waals surface area contributed by atoms with E-state index < -0.39 is 26.4 Å². The van der Waals surface area contributed by atoms with Gasteiger partial charge in [-0.05, 0) is 36.6 Å². The minimum atomic E-state index is -4.44. The Morgan fingerprint density at radius 2 is 1.55 bits per heavy atom. The summed E-state index contributed by atoms with van der Waals surface area (Å²) in [6.07, 6.45) is 11.8. The number of amides is 1. The number of unbranched alkanes of at least 4 members (excludes halogenated alkanes) is 10. The molecule has 1 atom stereocenters. The molecule has 0 aliphatic carbocycles. The first-order chi connectivity index (χ1) is 20.9. The normalized spacial score (nSPS) is 12.8. The number of hydrogen-bond acceptors (Lipinski definition) is 5. The van der Waals surface area contributed by atoms with Crippen LogP contribution in [-0.2, 0) is 22.4 Å². The number of benzene rings is 1. The lowest BCUT2D eigenvalue weighted by Crippen LogP contribution is -2.34. The van der Waals surface area contributed by atoms with Gasteiger partial charge in [0.1, 0.15) is 18.1 Å². The standard InChI is InChI=1S/C32H46F3N2O6P/c1-2-3-4-5-6-7-8-9-10-11-12-13-31(38)37-27(19-21-44(39,40)41)22-26-14-16-29(17-15-26)42-24-28-23-30(18-20-36-28)43-25-32(33,34)35/h14-21,23,27H,2-13,22,24-25H2,1H3,(H,37,38)(H2,39,40,41)/t27-/m1/s1. The first-order valence-electron chi connectivity index (χ1n) is 15.3. The maximum atomic E-state index is 12.6. The molecule has 0 bridgehead atoms. The third-order valence-corrected chi connectivity index (χ3v) is 7.38. The van der Waals surface area contributed by atoms with Crippen molar-refractivity contribution in [2.45, 2.75) is 109 Å². The van der Waals surface area contributed by atoms with Gasteiger partial charge in [0, 0.05) is 24.5 Å². The molecule has 12 heteroatoms. The second kappa shape index (κ2) is 20.2. The summed E-state index contributed by atoms with van der Waals surface area (Å²) in [5.74, 6) is 1.15. The molecule has 3 N–H and O–H groups in total. The van der Waals surface area contributed by atoms with E-state index in [4.69, 9.17) is 9.47 Å². The maximum Gasteiger partial charge on any atom is 0.422 e. The van der Waals surface area contributed by atoms with Crippen molar-refractivity contribution in [2.24, 2.45) is 0 Å². The molecule has 1 heterocycles. The van der Waals surface area contributed by atoms with Crippen LogP contribution in [0.4, 0.5) is 13.2 Å². The van der Waals surface area contributed by atoms with Crippen LogP contribution in [0.5, 0.6) is 11.5 Å². The lowest BCUT2D eigenvalue weighted by Gasteiger charge is -2.16. The van der Waals surface area contributed by atoms with Gasteiger partial charge >= 0.3 is 13.8 Å². The molecule has 1 aromatic heterocycles. The molecule has 0 radical (unpaired) electrons. The molecule has 1 amide bonds. The van der Waals surface area contributed by atoms with Gasteiger partial charge in [0.15, 0.2) is 6.61 Å². The molecule has 1 aromatic carbocycles. The first kappa shape index (κ1) is 37.3. The summed E-state index contributed by atoms with van der Waals surface area (Å²) in [6.45, 7) is 0.822. The number of nitrogens with zero attached hydrogens (tertiary/aromatic N) is 1. The van der Waals surface area contributed by atoms with E-state index in [1.165, 1.54) is 75.8 Å². The quantitative estimate of drug-likeness (QED) is 0.0879. The molecule has 0 aliphatic heterocycles. The molecule has 0 fully saturated rings. The Bertz CT molecular complexity index is 1170. The van der Waals surface area contributed by atoms with Gasteiger partial charge in [-0.2, -0.15) is 13.2 Å². The number of nitrogens with one attached hydrogen (secondary N) is 1. The zero-order chi connectivity index (χ0) is 32.3. The van der Waals surface area contributed by atoms with Gasteiger partial charge in [0.05, 0.1) is 11.7 Å². The highest BCUT2D eigenvalue weighted by Crippen LogP contribution is 2.36. The highest BCUT2D eigenvalue weighted by Gasteiger charge is 2.28. The fraction of sp³-hybridized carbons (Fsp3) is 0.562. The van der Waals surface area contributed by atoms with Gasteiger partial charge in [-0.1, -0.05) is 89.3 Å². The number of hydrogen-bond donors (Lipinski definition) is 3. The van der Waals surface area contributed by atoms with Gasteiger partial charge in [0.25, 0.3) is 0 Å². The van der Waals surface area contributed by atoms with E-state index in [0.29, 0.717) is 24.3 Å². The van der Waals surface area contributed by atoms with Gasteiger partial charge in [-0.15, -0.1) is 0 Å². The number of pyridine rings is 1. The zero-order valence-electron chi connectivity index (χ0n) is 25.4. The van der Waals surface area contributed by atoms with E-state index >= 15 is 0 Å². The molecule has 0 unspecified atom stereocenters. The average Bonchev–Trinajstić information content (AvgIpc) is 2.97. The average molecular weight is 643 g/mol. The lowest BCUT2D eigenvalue weighted by molar-refractivity contribution is -0.153. The minimum absolute atomic E-state index is 0.00527. The fourth-order valence-electron chi connectivity index (χ4n) is 4.53. The van der Waals surface area contributed by atoms with Crippen LogP contribution in [0.15, 0.2) is 54.5 Å². The van der Waals surface area contributed by atoms with Crippen molar-refractivity contribution in [1.29, 1.82) is 0 Å². The summed E-state index contributed by atoms with van der Waals surface area (Å²) in [7, 11) is -4.40. The van der Waals surface area contributed by atoms with Crippen LogP contribution in [0.25, 0.3) is 0 Å². The van der Waals surface area contributed by atoms with Crippen molar-refractivity contribution >= 4 is 13.5 Å². The number of alkyl halides is 3. The highest BCUT2D eigenvalue weighted by molar-refractivity contribution is 7.55. The molecule has 0 spiro atoms. The summed E-state index contributed by atoms with van der Waals surface area (Å²) < 4.78 is 59.0. The third kappa shape index (κ3) is 18.7. The first-order valence-corrected chi connectivity index (χ1v) is 17.0. The van der Waals surface area contributed by atoms with Crippen molar-refractivity contribution < 1.29 is 41.8 Å². The third-order valence-electron chi connectivity index (χ3n) is 6.82. The van der Waals surface area contributed by atoms with E-state index in [1.54, 1.807) is 24.3 Å². The van der Waals surface area contributed by atoms with Crippen LogP contribution in [0, 0.1) is 0 Å². The van der Waals surface area contributed by atoms with Gasteiger partial charge in [-0.3, -0.25) is 14.3 Å². The van der Waals surface area contributed by atoms with Gasteiger partial charge in [-0.25, -0.2) is 0 Å². The topological polar surface area (TPSA) is 118 Å². The molecule has 0 aliphatic rings. The SMILES string of the molecule is CCCCCCCCCCCCCC(=O)N[C@H](C=CP(=O)(O)O)Cc1ccc(OCc2cc(OCC(F)(F)F)ccn2)cc1. The predicted octanol–water partition coefficient (Wildman–Crippen LogP) is 8.02. The Kier molecular flexibility index (Phi) is 17.1. The van der Waals surface area contributed by atoms with Gasteiger partial charge in [0.2, 0.25) is 5.91 Å². The Hall–Kier alpha value is -2.88.